The fourth-order valence-corrected chi connectivity index (χ4v) is 5.38. The van der Waals surface area contributed by atoms with Gasteiger partial charge in [0.15, 0.2) is 0 Å². The maximum Gasteiger partial charge on any atom is 0.244 e. The van der Waals surface area contributed by atoms with E-state index in [-0.39, 0.29) is 23.2 Å². The molecule has 8 heteroatoms. The van der Waals surface area contributed by atoms with Gasteiger partial charge in [0, 0.05) is 35.8 Å². The average molecular weight is 387 g/mol. The molecule has 2 N–H and O–H groups in total. The zero-order chi connectivity index (χ0) is 19.3. The highest BCUT2D eigenvalue weighted by Crippen LogP contribution is 2.41. The lowest BCUT2D eigenvalue weighted by molar-refractivity contribution is -0.121. The summed E-state index contributed by atoms with van der Waals surface area (Å²) in [6, 6.07) is 9.19. The molecule has 140 valence electrons. The minimum atomic E-state index is -3.72. The van der Waals surface area contributed by atoms with E-state index in [0.717, 1.165) is 16.5 Å². The lowest BCUT2D eigenvalue weighted by Gasteiger charge is -2.18. The van der Waals surface area contributed by atoms with Crippen LogP contribution in [0.15, 0.2) is 47.5 Å². The zero-order valence-corrected chi connectivity index (χ0v) is 15.6. The Labute approximate surface area is 156 Å². The van der Waals surface area contributed by atoms with Gasteiger partial charge < -0.3 is 10.3 Å². The predicted molar refractivity (Wildman–Crippen MR) is 100 cm³/mol. The third-order valence-corrected chi connectivity index (χ3v) is 7.00. The van der Waals surface area contributed by atoms with Gasteiger partial charge in [-0.2, -0.15) is 4.31 Å². The van der Waals surface area contributed by atoms with Crippen LogP contribution < -0.4 is 5.32 Å². The van der Waals surface area contributed by atoms with Crippen LogP contribution in [0.2, 0.25) is 0 Å². The van der Waals surface area contributed by atoms with Crippen molar-refractivity contribution in [3.63, 3.8) is 0 Å². The maximum absolute atomic E-state index is 13.4. The smallest absolute Gasteiger partial charge is 0.244 e. The number of hydrogen-bond acceptors (Lipinski definition) is 3. The number of nitrogens with zero attached hydrogens (tertiary/aromatic N) is 1. The van der Waals surface area contributed by atoms with Crippen molar-refractivity contribution in [2.45, 2.75) is 17.9 Å². The average Bonchev–Trinajstić information content (AvgIpc) is 3.14. The van der Waals surface area contributed by atoms with Gasteiger partial charge in [-0.25, -0.2) is 12.8 Å². The summed E-state index contributed by atoms with van der Waals surface area (Å²) in [5, 5.41) is 3.31. The third kappa shape index (κ3) is 2.72. The monoisotopic (exact) mass is 387 g/mol. The highest BCUT2D eigenvalue weighted by atomic mass is 32.2. The van der Waals surface area contributed by atoms with Crippen LogP contribution in [-0.2, 0) is 14.8 Å². The van der Waals surface area contributed by atoms with Gasteiger partial charge in [-0.05, 0) is 48.4 Å². The van der Waals surface area contributed by atoms with E-state index in [1.54, 1.807) is 31.3 Å². The molecule has 27 heavy (non-hydrogen) atoms. The molecule has 0 bridgehead atoms. The molecule has 1 aliphatic heterocycles. The molecule has 0 radical (unpaired) electrons. The minimum absolute atomic E-state index is 0.216. The highest BCUT2D eigenvalue weighted by Gasteiger charge is 2.41. The van der Waals surface area contributed by atoms with Crippen molar-refractivity contribution in [2.75, 3.05) is 13.6 Å². The number of likely N-dealkylation sites (N-methyl/N-ethyl adjacent to an activating group) is 1. The number of aromatic amines is 1. The number of H-pyrrole nitrogens is 1. The summed E-state index contributed by atoms with van der Waals surface area (Å²) in [5.74, 6) is -0.688. The van der Waals surface area contributed by atoms with Gasteiger partial charge >= 0.3 is 0 Å². The Balaban J connectivity index is 1.80. The van der Waals surface area contributed by atoms with Gasteiger partial charge in [0.05, 0.1) is 11.4 Å². The molecular weight excluding hydrogens is 369 g/mol. The number of rotatable bonds is 3. The van der Waals surface area contributed by atoms with Crippen LogP contribution in [0.4, 0.5) is 4.39 Å². The van der Waals surface area contributed by atoms with E-state index < -0.39 is 16.1 Å². The standard InChI is InChI=1S/C19H18FN3O3S/c1-11-15-7-12(16-9-22-17-8-13(20)4-5-14(16)17)3-6-18(15)27(25,26)23(11)10-19(24)21-2/h3-9,11,22H,10H2,1-2H3,(H,21,24). The molecule has 1 amide bonds. The molecule has 2 aromatic carbocycles. The van der Waals surface area contributed by atoms with Crippen molar-refractivity contribution in [2.24, 2.45) is 0 Å². The topological polar surface area (TPSA) is 82.3 Å². The molecule has 0 spiro atoms. The molecule has 0 saturated carbocycles. The van der Waals surface area contributed by atoms with Crippen LogP contribution in [0.1, 0.15) is 18.5 Å². The van der Waals surface area contributed by atoms with Crippen LogP contribution in [0.5, 0.6) is 0 Å². The van der Waals surface area contributed by atoms with Crippen molar-refractivity contribution in [3.05, 3.63) is 54.0 Å². The summed E-state index contributed by atoms with van der Waals surface area (Å²) in [6.07, 6.45) is 1.78. The molecule has 3 aromatic rings. The Kier molecular flexibility index (Phi) is 4.05. The van der Waals surface area contributed by atoms with Gasteiger partial charge in [-0.1, -0.05) is 6.07 Å². The van der Waals surface area contributed by atoms with Crippen LogP contribution in [0, 0.1) is 5.82 Å². The number of sulfonamides is 1. The first-order valence-corrected chi connectivity index (χ1v) is 9.90. The first kappa shape index (κ1) is 17.7. The fraction of sp³-hybridized carbons (Fsp3) is 0.211. The summed E-state index contributed by atoms with van der Waals surface area (Å²) >= 11 is 0. The summed E-state index contributed by atoms with van der Waals surface area (Å²) < 4.78 is 40.2. The van der Waals surface area contributed by atoms with Crippen molar-refractivity contribution in [3.8, 4) is 11.1 Å². The number of carbonyl (C=O) groups excluding carboxylic acids is 1. The Morgan fingerprint density at radius 1 is 1.26 bits per heavy atom. The number of fused-ring (bicyclic) bond motifs is 2. The number of benzene rings is 2. The first-order valence-electron chi connectivity index (χ1n) is 8.46. The van der Waals surface area contributed by atoms with E-state index in [1.807, 2.05) is 6.07 Å². The molecule has 0 saturated heterocycles. The van der Waals surface area contributed by atoms with Crippen molar-refractivity contribution in [1.82, 2.24) is 14.6 Å². The van der Waals surface area contributed by atoms with E-state index in [1.165, 1.54) is 23.5 Å². The van der Waals surface area contributed by atoms with Crippen molar-refractivity contribution >= 4 is 26.8 Å². The minimum Gasteiger partial charge on any atom is -0.360 e. The molecule has 0 fully saturated rings. The largest absolute Gasteiger partial charge is 0.360 e. The van der Waals surface area contributed by atoms with Crippen molar-refractivity contribution < 1.29 is 17.6 Å². The number of nitrogens with one attached hydrogen (secondary N) is 2. The second-order valence-corrected chi connectivity index (χ2v) is 8.40. The van der Waals surface area contributed by atoms with Crippen LogP contribution in [0.25, 0.3) is 22.0 Å². The van der Waals surface area contributed by atoms with Gasteiger partial charge in [0.25, 0.3) is 0 Å². The second-order valence-electron chi connectivity index (χ2n) is 6.54. The van der Waals surface area contributed by atoms with Crippen LogP contribution in [-0.4, -0.2) is 37.2 Å². The predicted octanol–water partition coefficient (Wildman–Crippen LogP) is 2.79. The highest BCUT2D eigenvalue weighted by molar-refractivity contribution is 7.89. The molecule has 1 unspecified atom stereocenters. The summed E-state index contributed by atoms with van der Waals surface area (Å²) in [4.78, 5) is 15.0. The lowest BCUT2D eigenvalue weighted by atomic mass is 9.99. The Hall–Kier alpha value is -2.71. The molecule has 1 aromatic heterocycles. The second kappa shape index (κ2) is 6.17. The van der Waals surface area contributed by atoms with Gasteiger partial charge in [0.2, 0.25) is 15.9 Å². The van der Waals surface area contributed by atoms with E-state index in [0.29, 0.717) is 11.1 Å². The van der Waals surface area contributed by atoms with Gasteiger partial charge in [0.1, 0.15) is 5.82 Å². The summed E-state index contributed by atoms with van der Waals surface area (Å²) in [6.45, 7) is 1.54. The van der Waals surface area contributed by atoms with E-state index in [9.17, 15) is 17.6 Å². The molecular formula is C19H18FN3O3S. The lowest BCUT2D eigenvalue weighted by Crippen LogP contribution is -2.37. The van der Waals surface area contributed by atoms with Crippen LogP contribution >= 0.6 is 0 Å². The summed E-state index contributed by atoms with van der Waals surface area (Å²) in [7, 11) is -2.25. The maximum atomic E-state index is 13.4. The Morgan fingerprint density at radius 2 is 2.04 bits per heavy atom. The number of hydrogen-bond donors (Lipinski definition) is 2. The van der Waals surface area contributed by atoms with Crippen LogP contribution in [0.3, 0.4) is 0 Å². The SMILES string of the molecule is CNC(=O)CN1C(C)c2cc(-c3c[nH]c4cc(F)ccc34)ccc2S1(=O)=O. The van der Waals surface area contributed by atoms with Crippen molar-refractivity contribution in [1.29, 1.82) is 0 Å². The fourth-order valence-electron chi connectivity index (χ4n) is 3.55. The van der Waals surface area contributed by atoms with E-state index >= 15 is 0 Å². The zero-order valence-electron chi connectivity index (χ0n) is 14.8. The molecule has 6 nitrogen and oxygen atoms in total. The number of amides is 1. The molecule has 2 heterocycles. The van der Waals surface area contributed by atoms with E-state index in [2.05, 4.69) is 10.3 Å². The van der Waals surface area contributed by atoms with Gasteiger partial charge in [-0.3, -0.25) is 4.79 Å². The molecule has 1 aliphatic rings. The van der Waals surface area contributed by atoms with Gasteiger partial charge in [-0.15, -0.1) is 0 Å². The normalized spacial score (nSPS) is 18.6. The molecule has 0 aliphatic carbocycles. The first-order chi connectivity index (χ1) is 12.8. The third-order valence-electron chi connectivity index (χ3n) is 5.01. The Morgan fingerprint density at radius 3 is 2.78 bits per heavy atom. The summed E-state index contributed by atoms with van der Waals surface area (Å²) in [5.41, 5.74) is 3.01. The number of aromatic nitrogens is 1. The Bertz CT molecular complexity index is 1170. The quantitative estimate of drug-likeness (QED) is 0.725. The number of halogens is 1. The molecule has 4 rings (SSSR count). The number of carbonyl (C=O) groups is 1. The van der Waals surface area contributed by atoms with E-state index in [4.69, 9.17) is 0 Å². The molecule has 1 atom stereocenters.